The van der Waals surface area contributed by atoms with Crippen LogP contribution in [0.3, 0.4) is 0 Å². The van der Waals surface area contributed by atoms with Gasteiger partial charge in [0.25, 0.3) is 0 Å². The van der Waals surface area contributed by atoms with Crippen molar-refractivity contribution in [1.82, 2.24) is 4.72 Å². The molecule has 0 fully saturated rings. The molecule has 0 heterocycles. The predicted molar refractivity (Wildman–Crippen MR) is 68.2 cm³/mol. The second-order valence-electron chi connectivity index (χ2n) is 4.34. The van der Waals surface area contributed by atoms with E-state index in [-0.39, 0.29) is 16.5 Å². The van der Waals surface area contributed by atoms with Gasteiger partial charge in [-0.1, -0.05) is 6.92 Å². The van der Waals surface area contributed by atoms with Crippen molar-refractivity contribution in [3.63, 3.8) is 0 Å². The summed E-state index contributed by atoms with van der Waals surface area (Å²) in [6.07, 6.45) is 0.588. The number of carboxylic acid groups (broad SMARTS) is 1. The highest BCUT2D eigenvalue weighted by atomic mass is 32.2. The Morgan fingerprint density at radius 2 is 2.05 bits per heavy atom. The van der Waals surface area contributed by atoms with Crippen LogP contribution in [0.2, 0.25) is 0 Å². The zero-order chi connectivity index (χ0) is 14.8. The molecule has 0 aromatic heterocycles. The van der Waals surface area contributed by atoms with E-state index in [2.05, 4.69) is 4.72 Å². The Morgan fingerprint density at radius 1 is 1.47 bits per heavy atom. The predicted octanol–water partition coefficient (Wildman–Crippen LogP) is 1.91. The highest BCUT2D eigenvalue weighted by molar-refractivity contribution is 7.89. The van der Waals surface area contributed by atoms with Gasteiger partial charge in [-0.05, 0) is 38.0 Å². The molecule has 1 unspecified atom stereocenters. The van der Waals surface area contributed by atoms with E-state index in [4.69, 9.17) is 5.11 Å². The smallest absolute Gasteiger partial charge is 0.338 e. The van der Waals surface area contributed by atoms with Crippen molar-refractivity contribution in [2.75, 3.05) is 0 Å². The number of rotatable bonds is 5. The zero-order valence-corrected chi connectivity index (χ0v) is 11.7. The van der Waals surface area contributed by atoms with Crippen LogP contribution in [0.1, 0.15) is 36.2 Å². The van der Waals surface area contributed by atoms with Gasteiger partial charge in [-0.2, -0.15) is 0 Å². The molecule has 0 aliphatic heterocycles. The average Bonchev–Trinajstić information content (AvgIpc) is 2.31. The van der Waals surface area contributed by atoms with Gasteiger partial charge in [0.2, 0.25) is 10.0 Å². The quantitative estimate of drug-likeness (QED) is 0.867. The van der Waals surface area contributed by atoms with Crippen molar-refractivity contribution in [3.8, 4) is 0 Å². The molecular weight excluding hydrogens is 273 g/mol. The molecule has 2 N–H and O–H groups in total. The average molecular weight is 289 g/mol. The summed E-state index contributed by atoms with van der Waals surface area (Å²) in [6.45, 7) is 4.82. The van der Waals surface area contributed by atoms with Crippen LogP contribution in [0, 0.1) is 12.7 Å². The third-order valence-electron chi connectivity index (χ3n) is 2.74. The lowest BCUT2D eigenvalue weighted by atomic mass is 10.1. The minimum absolute atomic E-state index is 0.0237. The van der Waals surface area contributed by atoms with Crippen LogP contribution in [0.4, 0.5) is 4.39 Å². The Balaban J connectivity index is 3.32. The normalized spacial score (nSPS) is 13.3. The maximum absolute atomic E-state index is 13.6. The summed E-state index contributed by atoms with van der Waals surface area (Å²) >= 11 is 0. The van der Waals surface area contributed by atoms with E-state index in [1.807, 2.05) is 6.92 Å². The number of carboxylic acids is 1. The van der Waals surface area contributed by atoms with Crippen LogP contribution in [0.15, 0.2) is 17.0 Å². The Bertz CT molecular complexity index is 598. The fourth-order valence-corrected chi connectivity index (χ4v) is 2.90. The van der Waals surface area contributed by atoms with Gasteiger partial charge in [-0.15, -0.1) is 0 Å². The molecule has 1 aromatic rings. The monoisotopic (exact) mass is 289 g/mol. The van der Waals surface area contributed by atoms with Crippen molar-refractivity contribution in [2.45, 2.75) is 38.1 Å². The molecule has 0 saturated heterocycles. The molecule has 0 spiro atoms. The van der Waals surface area contributed by atoms with Gasteiger partial charge in [-0.25, -0.2) is 22.3 Å². The van der Waals surface area contributed by atoms with E-state index >= 15 is 0 Å². The number of sulfonamides is 1. The maximum atomic E-state index is 13.6. The van der Waals surface area contributed by atoms with E-state index in [1.54, 1.807) is 6.92 Å². The Kier molecular flexibility index (Phi) is 4.65. The van der Waals surface area contributed by atoms with Gasteiger partial charge in [0.15, 0.2) is 0 Å². The van der Waals surface area contributed by atoms with Crippen molar-refractivity contribution in [2.24, 2.45) is 0 Å². The largest absolute Gasteiger partial charge is 0.478 e. The second-order valence-corrected chi connectivity index (χ2v) is 6.05. The first-order chi connectivity index (χ1) is 8.69. The molecular formula is C12H16FNO4S. The molecule has 106 valence electrons. The van der Waals surface area contributed by atoms with Crippen molar-refractivity contribution in [3.05, 3.63) is 29.1 Å². The number of carbonyl (C=O) groups is 1. The minimum atomic E-state index is -3.85. The molecule has 0 aliphatic carbocycles. The molecule has 0 amide bonds. The number of halogens is 1. The summed E-state index contributed by atoms with van der Waals surface area (Å²) in [6, 6.07) is 1.66. The molecule has 19 heavy (non-hydrogen) atoms. The zero-order valence-electron chi connectivity index (χ0n) is 10.9. The number of benzene rings is 1. The van der Waals surface area contributed by atoms with Crippen LogP contribution in [-0.4, -0.2) is 25.5 Å². The minimum Gasteiger partial charge on any atom is -0.478 e. The van der Waals surface area contributed by atoms with E-state index in [9.17, 15) is 17.6 Å². The number of aryl methyl sites for hydroxylation is 1. The van der Waals surface area contributed by atoms with Crippen LogP contribution in [0.25, 0.3) is 0 Å². The maximum Gasteiger partial charge on any atom is 0.338 e. The standard InChI is InChI=1S/C12H16FNO4S/c1-4-8(3)14-19(17,18)9-5-7(2)11(13)10(6-9)12(15)16/h5-6,8,14H,4H2,1-3H3,(H,15,16). The number of hydrogen-bond acceptors (Lipinski definition) is 3. The van der Waals surface area contributed by atoms with Crippen molar-refractivity contribution in [1.29, 1.82) is 0 Å². The van der Waals surface area contributed by atoms with Crippen molar-refractivity contribution < 1.29 is 22.7 Å². The first-order valence-electron chi connectivity index (χ1n) is 5.74. The third-order valence-corrected chi connectivity index (χ3v) is 4.31. The van der Waals surface area contributed by atoms with Crippen LogP contribution in [0.5, 0.6) is 0 Å². The summed E-state index contributed by atoms with van der Waals surface area (Å²) in [7, 11) is -3.85. The van der Waals surface area contributed by atoms with Gasteiger partial charge in [0.05, 0.1) is 10.5 Å². The highest BCUT2D eigenvalue weighted by Gasteiger charge is 2.22. The summed E-state index contributed by atoms with van der Waals surface area (Å²) in [4.78, 5) is 10.6. The van der Waals surface area contributed by atoms with Crippen molar-refractivity contribution >= 4 is 16.0 Å². The van der Waals surface area contributed by atoms with E-state index in [1.165, 1.54) is 6.92 Å². The molecule has 1 atom stereocenters. The fourth-order valence-electron chi connectivity index (χ4n) is 1.46. The number of hydrogen-bond donors (Lipinski definition) is 2. The van der Waals surface area contributed by atoms with Gasteiger partial charge in [-0.3, -0.25) is 0 Å². The van der Waals surface area contributed by atoms with E-state index in [0.717, 1.165) is 12.1 Å². The molecule has 0 radical (unpaired) electrons. The molecule has 1 aromatic carbocycles. The SMILES string of the molecule is CCC(C)NS(=O)(=O)c1cc(C)c(F)c(C(=O)O)c1. The van der Waals surface area contributed by atoms with Gasteiger partial charge < -0.3 is 5.11 Å². The highest BCUT2D eigenvalue weighted by Crippen LogP contribution is 2.19. The summed E-state index contributed by atoms with van der Waals surface area (Å²) < 4.78 is 40.0. The topological polar surface area (TPSA) is 83.5 Å². The summed E-state index contributed by atoms with van der Waals surface area (Å²) in [5.41, 5.74) is -0.672. The fraction of sp³-hybridized carbons (Fsp3) is 0.417. The first-order valence-corrected chi connectivity index (χ1v) is 7.23. The first kappa shape index (κ1) is 15.6. The Labute approximate surface area is 111 Å². The van der Waals surface area contributed by atoms with Crippen LogP contribution in [-0.2, 0) is 10.0 Å². The van der Waals surface area contributed by atoms with E-state index < -0.39 is 27.4 Å². The number of nitrogens with one attached hydrogen (secondary N) is 1. The molecule has 0 aliphatic rings. The van der Waals surface area contributed by atoms with Gasteiger partial charge >= 0.3 is 5.97 Å². The molecule has 5 nitrogen and oxygen atoms in total. The molecule has 7 heteroatoms. The molecule has 0 bridgehead atoms. The third kappa shape index (κ3) is 3.51. The lowest BCUT2D eigenvalue weighted by Gasteiger charge is -2.13. The van der Waals surface area contributed by atoms with Gasteiger partial charge in [0.1, 0.15) is 5.82 Å². The second kappa shape index (κ2) is 5.66. The lowest BCUT2D eigenvalue weighted by Crippen LogP contribution is -2.32. The molecule has 0 saturated carbocycles. The Hall–Kier alpha value is -1.47. The summed E-state index contributed by atoms with van der Waals surface area (Å²) in [5.74, 6) is -2.42. The molecule has 1 rings (SSSR count). The van der Waals surface area contributed by atoms with E-state index in [0.29, 0.717) is 6.42 Å². The van der Waals surface area contributed by atoms with Crippen LogP contribution < -0.4 is 4.72 Å². The summed E-state index contributed by atoms with van der Waals surface area (Å²) in [5, 5.41) is 8.85. The van der Waals surface area contributed by atoms with Crippen LogP contribution >= 0.6 is 0 Å². The lowest BCUT2D eigenvalue weighted by molar-refractivity contribution is 0.0691. The Morgan fingerprint density at radius 3 is 2.53 bits per heavy atom. The van der Waals surface area contributed by atoms with Gasteiger partial charge in [0, 0.05) is 6.04 Å². The number of aromatic carboxylic acids is 1.